The van der Waals surface area contributed by atoms with E-state index in [1.165, 1.54) is 37.1 Å². The van der Waals surface area contributed by atoms with Gasteiger partial charge in [-0.1, -0.05) is 6.07 Å². The lowest BCUT2D eigenvalue weighted by molar-refractivity contribution is 0.0652. The molecule has 2 fully saturated rings. The van der Waals surface area contributed by atoms with Gasteiger partial charge in [0.25, 0.3) is 0 Å². The quantitative estimate of drug-likeness (QED) is 0.867. The van der Waals surface area contributed by atoms with Gasteiger partial charge in [-0.3, -0.25) is 0 Å². The molecule has 1 saturated carbocycles. The van der Waals surface area contributed by atoms with Gasteiger partial charge in [0.1, 0.15) is 0 Å². The largest absolute Gasteiger partial charge is 0.381 e. The average Bonchev–Trinajstić information content (AvgIpc) is 3.06. The van der Waals surface area contributed by atoms with Crippen molar-refractivity contribution in [3.63, 3.8) is 0 Å². The van der Waals surface area contributed by atoms with Crippen LogP contribution in [0.2, 0.25) is 0 Å². The van der Waals surface area contributed by atoms with E-state index in [1.807, 2.05) is 11.3 Å². The summed E-state index contributed by atoms with van der Waals surface area (Å²) in [4.78, 5) is 1.53. The van der Waals surface area contributed by atoms with Gasteiger partial charge in [0, 0.05) is 24.1 Å². The van der Waals surface area contributed by atoms with E-state index in [4.69, 9.17) is 4.74 Å². The van der Waals surface area contributed by atoms with Crippen LogP contribution in [0.3, 0.4) is 0 Å². The molecule has 1 unspecified atom stereocenters. The van der Waals surface area contributed by atoms with Crippen molar-refractivity contribution in [2.45, 2.75) is 31.7 Å². The first kappa shape index (κ1) is 11.7. The molecular weight excluding hydrogens is 230 g/mol. The van der Waals surface area contributed by atoms with Gasteiger partial charge in [-0.15, -0.1) is 11.3 Å². The van der Waals surface area contributed by atoms with Crippen LogP contribution in [-0.4, -0.2) is 19.8 Å². The molecule has 1 aromatic rings. The number of ether oxygens (including phenoxy) is 1. The zero-order valence-electron chi connectivity index (χ0n) is 10.2. The molecule has 0 radical (unpaired) electrons. The minimum atomic E-state index is 0.623. The maximum Gasteiger partial charge on any atom is 0.0469 e. The van der Waals surface area contributed by atoms with Crippen LogP contribution in [0.15, 0.2) is 17.5 Å². The van der Waals surface area contributed by atoms with E-state index in [-0.39, 0.29) is 0 Å². The molecule has 1 saturated heterocycles. The van der Waals surface area contributed by atoms with Gasteiger partial charge >= 0.3 is 0 Å². The van der Waals surface area contributed by atoms with Gasteiger partial charge in [-0.05, 0) is 55.5 Å². The minimum absolute atomic E-state index is 0.623. The third-order valence-electron chi connectivity index (χ3n) is 3.91. The fourth-order valence-corrected chi connectivity index (χ4v) is 3.54. The van der Waals surface area contributed by atoms with E-state index in [0.717, 1.165) is 25.0 Å². The first-order valence-electron chi connectivity index (χ1n) is 6.78. The molecule has 3 heteroatoms. The number of rotatable bonds is 5. The highest BCUT2D eigenvalue weighted by molar-refractivity contribution is 7.10. The molecule has 0 aromatic carbocycles. The fraction of sp³-hybridized carbons (Fsp3) is 0.714. The monoisotopic (exact) mass is 251 g/mol. The third kappa shape index (κ3) is 3.09. The maximum absolute atomic E-state index is 5.41. The van der Waals surface area contributed by atoms with Gasteiger partial charge in [-0.2, -0.15) is 0 Å². The zero-order chi connectivity index (χ0) is 11.5. The first-order valence-corrected chi connectivity index (χ1v) is 7.66. The summed E-state index contributed by atoms with van der Waals surface area (Å²) < 4.78 is 5.41. The highest BCUT2D eigenvalue weighted by atomic mass is 32.1. The van der Waals surface area contributed by atoms with Crippen LogP contribution in [-0.2, 0) is 4.74 Å². The van der Waals surface area contributed by atoms with Crippen molar-refractivity contribution in [3.8, 4) is 0 Å². The first-order chi connectivity index (χ1) is 8.43. The summed E-state index contributed by atoms with van der Waals surface area (Å²) in [6, 6.07) is 5.08. The molecular formula is C14H21NOS. The Morgan fingerprint density at radius 3 is 2.76 bits per heavy atom. The zero-order valence-corrected chi connectivity index (χ0v) is 11.0. The van der Waals surface area contributed by atoms with Crippen molar-refractivity contribution in [3.05, 3.63) is 22.4 Å². The van der Waals surface area contributed by atoms with Gasteiger partial charge in [-0.25, -0.2) is 0 Å². The molecule has 0 bridgehead atoms. The molecule has 1 atom stereocenters. The lowest BCUT2D eigenvalue weighted by Gasteiger charge is -2.25. The van der Waals surface area contributed by atoms with E-state index < -0.39 is 0 Å². The molecule has 0 spiro atoms. The summed E-state index contributed by atoms with van der Waals surface area (Å²) >= 11 is 1.90. The van der Waals surface area contributed by atoms with Crippen molar-refractivity contribution in [2.24, 2.45) is 11.8 Å². The van der Waals surface area contributed by atoms with Crippen LogP contribution in [0.25, 0.3) is 0 Å². The lowest BCUT2D eigenvalue weighted by atomic mass is 9.99. The van der Waals surface area contributed by atoms with Crippen molar-refractivity contribution in [1.82, 2.24) is 5.32 Å². The second-order valence-electron chi connectivity index (χ2n) is 5.29. The molecule has 17 heavy (non-hydrogen) atoms. The number of thiophene rings is 1. The topological polar surface area (TPSA) is 21.3 Å². The van der Waals surface area contributed by atoms with Crippen molar-refractivity contribution in [1.29, 1.82) is 0 Å². The molecule has 1 aromatic heterocycles. The maximum atomic E-state index is 5.41. The number of nitrogens with one attached hydrogen (secondary N) is 1. The molecule has 2 nitrogen and oxygen atoms in total. The van der Waals surface area contributed by atoms with Gasteiger partial charge in [0.05, 0.1) is 0 Å². The van der Waals surface area contributed by atoms with Crippen molar-refractivity contribution in [2.75, 3.05) is 19.8 Å². The van der Waals surface area contributed by atoms with Gasteiger partial charge < -0.3 is 10.1 Å². The Bertz CT molecular complexity index is 328. The van der Waals surface area contributed by atoms with Gasteiger partial charge in [0.2, 0.25) is 0 Å². The Balaban J connectivity index is 1.54. The Hall–Kier alpha value is -0.380. The lowest BCUT2D eigenvalue weighted by Crippen LogP contribution is -2.31. The average molecular weight is 251 g/mol. The van der Waals surface area contributed by atoms with Gasteiger partial charge in [0.15, 0.2) is 0 Å². The van der Waals surface area contributed by atoms with E-state index in [1.54, 1.807) is 0 Å². The molecule has 2 heterocycles. The van der Waals surface area contributed by atoms with E-state index in [0.29, 0.717) is 6.04 Å². The normalized spacial score (nSPS) is 23.8. The number of hydrogen-bond donors (Lipinski definition) is 1. The Morgan fingerprint density at radius 2 is 2.12 bits per heavy atom. The fourth-order valence-electron chi connectivity index (χ4n) is 2.64. The smallest absolute Gasteiger partial charge is 0.0469 e. The molecule has 94 valence electrons. The SMILES string of the molecule is c1csc(C(NCC2CCOCC2)C2CC2)c1. The van der Waals surface area contributed by atoms with Crippen LogP contribution < -0.4 is 5.32 Å². The highest BCUT2D eigenvalue weighted by Crippen LogP contribution is 2.42. The van der Waals surface area contributed by atoms with Crippen LogP contribution >= 0.6 is 11.3 Å². The summed E-state index contributed by atoms with van der Waals surface area (Å²) in [5.41, 5.74) is 0. The van der Waals surface area contributed by atoms with Crippen LogP contribution in [0.1, 0.15) is 36.6 Å². The van der Waals surface area contributed by atoms with Crippen LogP contribution in [0.4, 0.5) is 0 Å². The van der Waals surface area contributed by atoms with E-state index in [9.17, 15) is 0 Å². The molecule has 1 aliphatic heterocycles. The Kier molecular flexibility index (Phi) is 3.79. The minimum Gasteiger partial charge on any atom is -0.381 e. The Morgan fingerprint density at radius 1 is 1.29 bits per heavy atom. The molecule has 0 amide bonds. The predicted molar refractivity (Wildman–Crippen MR) is 71.3 cm³/mol. The number of hydrogen-bond acceptors (Lipinski definition) is 3. The summed E-state index contributed by atoms with van der Waals surface area (Å²) in [7, 11) is 0. The molecule has 3 rings (SSSR count). The molecule has 1 aliphatic carbocycles. The van der Waals surface area contributed by atoms with Crippen molar-refractivity contribution < 1.29 is 4.74 Å². The summed E-state index contributed by atoms with van der Waals surface area (Å²) in [6.07, 6.45) is 5.27. The molecule has 2 aliphatic rings. The third-order valence-corrected chi connectivity index (χ3v) is 4.87. The van der Waals surface area contributed by atoms with Crippen LogP contribution in [0.5, 0.6) is 0 Å². The standard InChI is InChI=1S/C14H21NOS/c1-2-13(17-9-1)14(12-3-4-12)15-10-11-5-7-16-8-6-11/h1-2,9,11-12,14-15H,3-8,10H2. The second-order valence-corrected chi connectivity index (χ2v) is 6.27. The summed E-state index contributed by atoms with van der Waals surface area (Å²) in [5.74, 6) is 1.72. The van der Waals surface area contributed by atoms with E-state index in [2.05, 4.69) is 22.8 Å². The second kappa shape index (κ2) is 5.51. The van der Waals surface area contributed by atoms with Crippen LogP contribution in [0, 0.1) is 11.8 Å². The molecule has 1 N–H and O–H groups in total. The Labute approximate surface area is 107 Å². The summed E-state index contributed by atoms with van der Waals surface area (Å²) in [5, 5.41) is 6.00. The van der Waals surface area contributed by atoms with E-state index >= 15 is 0 Å². The van der Waals surface area contributed by atoms with Crippen molar-refractivity contribution >= 4 is 11.3 Å². The predicted octanol–water partition coefficient (Wildman–Crippen LogP) is 3.22. The highest BCUT2D eigenvalue weighted by Gasteiger charge is 2.33. The summed E-state index contributed by atoms with van der Waals surface area (Å²) in [6.45, 7) is 3.08.